The Morgan fingerprint density at radius 3 is 2.48 bits per heavy atom. The molecule has 0 spiro atoms. The maximum absolute atomic E-state index is 11.4. The number of piperazine rings is 1. The predicted octanol–water partition coefficient (Wildman–Crippen LogP) is 1.67. The summed E-state index contributed by atoms with van der Waals surface area (Å²) in [5.74, 6) is 1.03. The molecular formula is C19H30N2O4. The van der Waals surface area contributed by atoms with Crippen LogP contribution in [0.1, 0.15) is 30.6 Å². The van der Waals surface area contributed by atoms with Crippen LogP contribution in [0.15, 0.2) is 18.2 Å². The van der Waals surface area contributed by atoms with E-state index < -0.39 is 6.10 Å². The lowest BCUT2D eigenvalue weighted by Crippen LogP contribution is -2.49. The van der Waals surface area contributed by atoms with Crippen LogP contribution in [0.25, 0.3) is 0 Å². The van der Waals surface area contributed by atoms with E-state index in [2.05, 4.69) is 16.7 Å². The highest BCUT2D eigenvalue weighted by Gasteiger charge is 2.19. The quantitative estimate of drug-likeness (QED) is 0.684. The number of β-amino-alcohol motifs (C(OH)–C–C–N with tert-alkyl or cyclic N) is 1. The number of ketones is 1. The summed E-state index contributed by atoms with van der Waals surface area (Å²) in [5.41, 5.74) is 0.578. The molecule has 1 aliphatic rings. The van der Waals surface area contributed by atoms with Crippen LogP contribution >= 0.6 is 0 Å². The van der Waals surface area contributed by atoms with Crippen molar-refractivity contribution in [3.8, 4) is 11.5 Å². The van der Waals surface area contributed by atoms with E-state index in [9.17, 15) is 9.90 Å². The van der Waals surface area contributed by atoms with Crippen molar-refractivity contribution >= 4 is 5.78 Å². The van der Waals surface area contributed by atoms with Gasteiger partial charge in [-0.1, -0.05) is 6.92 Å². The largest absolute Gasteiger partial charge is 0.493 e. The van der Waals surface area contributed by atoms with E-state index in [1.54, 1.807) is 25.3 Å². The second-order valence-corrected chi connectivity index (χ2v) is 6.53. The minimum atomic E-state index is -0.560. The van der Waals surface area contributed by atoms with Gasteiger partial charge in [-0.2, -0.15) is 0 Å². The van der Waals surface area contributed by atoms with Crippen LogP contribution in [0.4, 0.5) is 0 Å². The summed E-state index contributed by atoms with van der Waals surface area (Å²) < 4.78 is 11.0. The Morgan fingerprint density at radius 2 is 1.88 bits per heavy atom. The third-order valence-electron chi connectivity index (χ3n) is 4.48. The molecular weight excluding hydrogens is 320 g/mol. The molecule has 0 aliphatic carbocycles. The van der Waals surface area contributed by atoms with Crippen molar-refractivity contribution in [2.45, 2.75) is 26.4 Å². The third kappa shape index (κ3) is 5.99. The van der Waals surface area contributed by atoms with E-state index in [0.29, 0.717) is 23.6 Å². The average molecular weight is 350 g/mol. The molecule has 0 bridgehead atoms. The summed E-state index contributed by atoms with van der Waals surface area (Å²) in [6, 6.07) is 5.09. The van der Waals surface area contributed by atoms with Gasteiger partial charge < -0.3 is 19.5 Å². The van der Waals surface area contributed by atoms with Crippen LogP contribution in [0.3, 0.4) is 0 Å². The van der Waals surface area contributed by atoms with Crippen LogP contribution in [0.5, 0.6) is 11.5 Å². The summed E-state index contributed by atoms with van der Waals surface area (Å²) in [4.78, 5) is 16.2. The Hall–Kier alpha value is -1.63. The summed E-state index contributed by atoms with van der Waals surface area (Å²) >= 11 is 0. The number of aliphatic hydroxyl groups excluding tert-OH is 1. The highest BCUT2D eigenvalue weighted by molar-refractivity contribution is 5.94. The molecule has 1 saturated heterocycles. The molecule has 6 nitrogen and oxygen atoms in total. The van der Waals surface area contributed by atoms with Gasteiger partial charge in [-0.05, 0) is 38.1 Å². The van der Waals surface area contributed by atoms with Gasteiger partial charge in [0.25, 0.3) is 0 Å². The number of hydrogen-bond donors (Lipinski definition) is 1. The molecule has 2 rings (SSSR count). The lowest BCUT2D eigenvalue weighted by atomic mass is 10.1. The zero-order valence-corrected chi connectivity index (χ0v) is 15.5. The van der Waals surface area contributed by atoms with Gasteiger partial charge in [-0.3, -0.25) is 9.69 Å². The normalized spacial score (nSPS) is 17.3. The van der Waals surface area contributed by atoms with Gasteiger partial charge in [0.1, 0.15) is 12.7 Å². The van der Waals surface area contributed by atoms with Gasteiger partial charge >= 0.3 is 0 Å². The molecule has 6 heteroatoms. The number of Topliss-reactive ketones (excluding diaryl/α,β-unsaturated/α-hetero) is 1. The molecule has 1 N–H and O–H groups in total. The minimum absolute atomic E-state index is 0.0212. The predicted molar refractivity (Wildman–Crippen MR) is 97.7 cm³/mol. The first-order valence-electron chi connectivity index (χ1n) is 8.98. The second-order valence-electron chi connectivity index (χ2n) is 6.53. The summed E-state index contributed by atoms with van der Waals surface area (Å²) in [6.07, 6.45) is 0.621. The van der Waals surface area contributed by atoms with Crippen LogP contribution < -0.4 is 9.47 Å². The SMILES string of the molecule is CCCN1CCN(C[C@@H](O)COc2ccc(C(C)=O)cc2OC)CC1. The number of benzene rings is 1. The average Bonchev–Trinajstić information content (AvgIpc) is 2.61. The smallest absolute Gasteiger partial charge is 0.161 e. The zero-order chi connectivity index (χ0) is 18.2. The number of ether oxygens (including phenoxy) is 2. The molecule has 1 atom stereocenters. The fraction of sp³-hybridized carbons (Fsp3) is 0.632. The van der Waals surface area contributed by atoms with Gasteiger partial charge in [0, 0.05) is 38.3 Å². The monoisotopic (exact) mass is 350 g/mol. The third-order valence-corrected chi connectivity index (χ3v) is 4.48. The number of aliphatic hydroxyl groups is 1. The van der Waals surface area contributed by atoms with Crippen molar-refractivity contribution in [1.29, 1.82) is 0 Å². The van der Waals surface area contributed by atoms with Crippen molar-refractivity contribution < 1.29 is 19.4 Å². The number of nitrogens with zero attached hydrogens (tertiary/aromatic N) is 2. The molecule has 1 aromatic carbocycles. The molecule has 0 unspecified atom stereocenters. The summed E-state index contributed by atoms with van der Waals surface area (Å²) in [5, 5.41) is 10.3. The van der Waals surface area contributed by atoms with Crippen LogP contribution in [-0.2, 0) is 0 Å². The van der Waals surface area contributed by atoms with E-state index in [4.69, 9.17) is 9.47 Å². The first-order valence-corrected chi connectivity index (χ1v) is 8.98. The molecule has 1 aliphatic heterocycles. The Kier molecular flexibility index (Phi) is 7.68. The molecule has 0 radical (unpaired) electrons. The molecule has 140 valence electrons. The number of carbonyl (C=O) groups excluding carboxylic acids is 1. The van der Waals surface area contributed by atoms with E-state index in [-0.39, 0.29) is 12.4 Å². The second kappa shape index (κ2) is 9.75. The molecule has 25 heavy (non-hydrogen) atoms. The van der Waals surface area contributed by atoms with Gasteiger partial charge in [-0.25, -0.2) is 0 Å². The lowest BCUT2D eigenvalue weighted by Gasteiger charge is -2.35. The fourth-order valence-corrected chi connectivity index (χ4v) is 3.05. The van der Waals surface area contributed by atoms with E-state index in [1.165, 1.54) is 13.3 Å². The summed E-state index contributed by atoms with van der Waals surface area (Å²) in [6.45, 7) is 9.74. The number of hydrogen-bond acceptors (Lipinski definition) is 6. The highest BCUT2D eigenvalue weighted by Crippen LogP contribution is 2.28. The Bertz CT molecular complexity index is 556. The van der Waals surface area contributed by atoms with Crippen LogP contribution in [-0.4, -0.2) is 79.8 Å². The molecule has 0 aromatic heterocycles. The Labute approximate surface area is 150 Å². The van der Waals surface area contributed by atoms with Gasteiger partial charge in [0.05, 0.1) is 7.11 Å². The van der Waals surface area contributed by atoms with Gasteiger partial charge in [0.15, 0.2) is 17.3 Å². The zero-order valence-electron chi connectivity index (χ0n) is 15.5. The molecule has 1 heterocycles. The van der Waals surface area contributed by atoms with E-state index >= 15 is 0 Å². The van der Waals surface area contributed by atoms with Crippen molar-refractivity contribution in [2.75, 3.05) is 53.0 Å². The first-order chi connectivity index (χ1) is 12.0. The molecule has 0 amide bonds. The maximum atomic E-state index is 11.4. The van der Waals surface area contributed by atoms with Gasteiger partial charge in [-0.15, -0.1) is 0 Å². The topological polar surface area (TPSA) is 62.2 Å². The Balaban J connectivity index is 1.80. The van der Waals surface area contributed by atoms with Gasteiger partial charge in [0.2, 0.25) is 0 Å². The highest BCUT2D eigenvalue weighted by atomic mass is 16.5. The molecule has 1 aromatic rings. The van der Waals surface area contributed by atoms with E-state index in [0.717, 1.165) is 32.7 Å². The van der Waals surface area contributed by atoms with Crippen molar-refractivity contribution in [3.05, 3.63) is 23.8 Å². The minimum Gasteiger partial charge on any atom is -0.493 e. The maximum Gasteiger partial charge on any atom is 0.161 e. The van der Waals surface area contributed by atoms with Crippen molar-refractivity contribution in [1.82, 2.24) is 9.80 Å². The number of methoxy groups -OCH3 is 1. The Morgan fingerprint density at radius 1 is 1.20 bits per heavy atom. The molecule has 1 fully saturated rings. The lowest BCUT2D eigenvalue weighted by molar-refractivity contribution is 0.0455. The van der Waals surface area contributed by atoms with Crippen LogP contribution in [0.2, 0.25) is 0 Å². The standard InChI is InChI=1S/C19H30N2O4/c1-4-7-20-8-10-21(11-9-20)13-17(23)14-25-18-6-5-16(15(2)22)12-19(18)24-3/h5-6,12,17,23H,4,7-11,13-14H2,1-3H3/t17-/m1/s1. The first kappa shape index (κ1) is 19.7. The fourth-order valence-electron chi connectivity index (χ4n) is 3.05. The summed E-state index contributed by atoms with van der Waals surface area (Å²) in [7, 11) is 1.54. The number of rotatable bonds is 9. The van der Waals surface area contributed by atoms with Crippen LogP contribution in [0, 0.1) is 0 Å². The van der Waals surface area contributed by atoms with Crippen molar-refractivity contribution in [2.24, 2.45) is 0 Å². The van der Waals surface area contributed by atoms with E-state index in [1.807, 2.05) is 0 Å². The van der Waals surface area contributed by atoms with Crippen molar-refractivity contribution in [3.63, 3.8) is 0 Å². The number of carbonyl (C=O) groups is 1. The molecule has 0 saturated carbocycles.